The predicted octanol–water partition coefficient (Wildman–Crippen LogP) is 3.13. The van der Waals surface area contributed by atoms with E-state index in [1.54, 1.807) is 30.3 Å². The number of hydrogen-bond acceptors (Lipinski definition) is 3. The van der Waals surface area contributed by atoms with E-state index in [9.17, 15) is 9.59 Å². The quantitative estimate of drug-likeness (QED) is 0.898. The van der Waals surface area contributed by atoms with Crippen molar-refractivity contribution in [3.8, 4) is 0 Å². The summed E-state index contributed by atoms with van der Waals surface area (Å²) in [5.74, 6) is -0.353. The number of nitrogens with one attached hydrogen (secondary N) is 2. The highest BCUT2D eigenvalue weighted by Crippen LogP contribution is 2.15. The largest absolute Gasteiger partial charge is 0.472 e. The SMILES string of the molecule is CC(C)C(=O)Nc1ccc(NC(=O)c2ccoc2)cc1. The van der Waals surface area contributed by atoms with Gasteiger partial charge in [0.05, 0.1) is 11.8 Å². The minimum Gasteiger partial charge on any atom is -0.472 e. The minimum absolute atomic E-state index is 0.0415. The average molecular weight is 272 g/mol. The Hall–Kier alpha value is -2.56. The van der Waals surface area contributed by atoms with Crippen molar-refractivity contribution < 1.29 is 14.0 Å². The zero-order valence-corrected chi connectivity index (χ0v) is 11.3. The van der Waals surface area contributed by atoms with E-state index < -0.39 is 0 Å². The van der Waals surface area contributed by atoms with Crippen molar-refractivity contribution in [2.24, 2.45) is 5.92 Å². The molecule has 104 valence electrons. The van der Waals surface area contributed by atoms with Gasteiger partial charge in [-0.2, -0.15) is 0 Å². The molecule has 5 nitrogen and oxygen atoms in total. The van der Waals surface area contributed by atoms with E-state index in [4.69, 9.17) is 4.42 Å². The molecule has 0 saturated carbocycles. The van der Waals surface area contributed by atoms with E-state index in [0.717, 1.165) is 0 Å². The highest BCUT2D eigenvalue weighted by atomic mass is 16.3. The van der Waals surface area contributed by atoms with Gasteiger partial charge in [-0.1, -0.05) is 13.8 Å². The topological polar surface area (TPSA) is 71.3 Å². The second-order valence-corrected chi connectivity index (χ2v) is 4.69. The third-order valence-electron chi connectivity index (χ3n) is 2.72. The van der Waals surface area contributed by atoms with Gasteiger partial charge in [0.25, 0.3) is 5.91 Å². The third-order valence-corrected chi connectivity index (χ3v) is 2.72. The van der Waals surface area contributed by atoms with Crippen LogP contribution in [0.15, 0.2) is 47.3 Å². The van der Waals surface area contributed by atoms with Crippen LogP contribution >= 0.6 is 0 Å². The predicted molar refractivity (Wildman–Crippen MR) is 76.6 cm³/mol. The molecule has 0 radical (unpaired) electrons. The van der Waals surface area contributed by atoms with Crippen LogP contribution in [0.25, 0.3) is 0 Å². The Labute approximate surface area is 117 Å². The average Bonchev–Trinajstić information content (AvgIpc) is 2.95. The maximum absolute atomic E-state index is 11.8. The lowest BCUT2D eigenvalue weighted by Gasteiger charge is -2.09. The third kappa shape index (κ3) is 3.47. The summed E-state index contributed by atoms with van der Waals surface area (Å²) in [7, 11) is 0. The smallest absolute Gasteiger partial charge is 0.258 e. The standard InChI is InChI=1S/C15H16N2O3/c1-10(2)14(18)16-12-3-5-13(6-4-12)17-15(19)11-7-8-20-9-11/h3-10H,1-2H3,(H,16,18)(H,17,19). The van der Waals surface area contributed by atoms with Gasteiger partial charge >= 0.3 is 0 Å². The van der Waals surface area contributed by atoms with Gasteiger partial charge < -0.3 is 15.1 Å². The molecule has 2 rings (SSSR count). The van der Waals surface area contributed by atoms with Gasteiger partial charge in [0.1, 0.15) is 6.26 Å². The summed E-state index contributed by atoms with van der Waals surface area (Å²) in [4.78, 5) is 23.3. The molecule has 0 aliphatic heterocycles. The maximum atomic E-state index is 11.8. The van der Waals surface area contributed by atoms with Gasteiger partial charge in [-0.3, -0.25) is 9.59 Å². The fraction of sp³-hybridized carbons (Fsp3) is 0.200. The molecule has 0 atom stereocenters. The molecule has 1 aromatic heterocycles. The summed E-state index contributed by atoms with van der Waals surface area (Å²) in [5, 5.41) is 5.52. The zero-order chi connectivity index (χ0) is 14.5. The zero-order valence-electron chi connectivity index (χ0n) is 11.3. The number of furan rings is 1. The van der Waals surface area contributed by atoms with Crippen LogP contribution in [0.3, 0.4) is 0 Å². The van der Waals surface area contributed by atoms with Crippen LogP contribution < -0.4 is 10.6 Å². The fourth-order valence-corrected chi connectivity index (χ4v) is 1.52. The molecule has 0 spiro atoms. The van der Waals surface area contributed by atoms with Crippen molar-refractivity contribution in [1.29, 1.82) is 0 Å². The molecule has 0 aliphatic carbocycles. The maximum Gasteiger partial charge on any atom is 0.258 e. The Morgan fingerprint density at radius 1 is 1.00 bits per heavy atom. The van der Waals surface area contributed by atoms with Crippen LogP contribution in [0.1, 0.15) is 24.2 Å². The summed E-state index contributed by atoms with van der Waals surface area (Å²) in [5.41, 5.74) is 1.81. The number of amides is 2. The van der Waals surface area contributed by atoms with Crippen LogP contribution in [0.2, 0.25) is 0 Å². The Kier molecular flexibility index (Phi) is 4.20. The Morgan fingerprint density at radius 2 is 1.60 bits per heavy atom. The molecule has 2 aromatic rings. The van der Waals surface area contributed by atoms with Crippen molar-refractivity contribution in [3.05, 3.63) is 48.4 Å². The van der Waals surface area contributed by atoms with Crippen molar-refractivity contribution in [3.63, 3.8) is 0 Å². The molecular weight excluding hydrogens is 256 g/mol. The van der Waals surface area contributed by atoms with E-state index >= 15 is 0 Å². The first kappa shape index (κ1) is 13.9. The van der Waals surface area contributed by atoms with Crippen LogP contribution in [-0.2, 0) is 4.79 Å². The van der Waals surface area contributed by atoms with E-state index in [-0.39, 0.29) is 17.7 Å². The highest BCUT2D eigenvalue weighted by Gasteiger charge is 2.08. The van der Waals surface area contributed by atoms with Crippen molar-refractivity contribution in [1.82, 2.24) is 0 Å². The lowest BCUT2D eigenvalue weighted by molar-refractivity contribution is -0.118. The summed E-state index contributed by atoms with van der Waals surface area (Å²) in [6, 6.07) is 8.53. The highest BCUT2D eigenvalue weighted by molar-refractivity contribution is 6.04. The molecule has 20 heavy (non-hydrogen) atoms. The number of carbonyl (C=O) groups excluding carboxylic acids is 2. The van der Waals surface area contributed by atoms with E-state index in [0.29, 0.717) is 16.9 Å². The number of rotatable bonds is 4. The summed E-state index contributed by atoms with van der Waals surface area (Å²) < 4.78 is 4.85. The van der Waals surface area contributed by atoms with Gasteiger partial charge in [-0.25, -0.2) is 0 Å². The Morgan fingerprint density at radius 3 is 2.10 bits per heavy atom. The molecule has 2 N–H and O–H groups in total. The van der Waals surface area contributed by atoms with Crippen molar-refractivity contribution in [2.45, 2.75) is 13.8 Å². The molecule has 2 amide bonds. The molecule has 0 aliphatic rings. The van der Waals surface area contributed by atoms with Gasteiger partial charge in [-0.15, -0.1) is 0 Å². The normalized spacial score (nSPS) is 10.3. The first-order valence-electron chi connectivity index (χ1n) is 6.31. The molecule has 0 unspecified atom stereocenters. The number of hydrogen-bond donors (Lipinski definition) is 2. The lowest BCUT2D eigenvalue weighted by Crippen LogP contribution is -2.17. The second-order valence-electron chi connectivity index (χ2n) is 4.69. The summed E-state index contributed by atoms with van der Waals surface area (Å²) >= 11 is 0. The monoisotopic (exact) mass is 272 g/mol. The molecule has 5 heteroatoms. The van der Waals surface area contributed by atoms with Crippen LogP contribution in [-0.4, -0.2) is 11.8 Å². The first-order chi connectivity index (χ1) is 9.56. The molecule has 1 aromatic carbocycles. The molecule has 1 heterocycles. The van der Waals surface area contributed by atoms with E-state index in [2.05, 4.69) is 10.6 Å². The van der Waals surface area contributed by atoms with E-state index in [1.807, 2.05) is 13.8 Å². The van der Waals surface area contributed by atoms with Gasteiger partial charge in [0, 0.05) is 17.3 Å². The van der Waals surface area contributed by atoms with E-state index in [1.165, 1.54) is 12.5 Å². The van der Waals surface area contributed by atoms with Crippen LogP contribution in [0, 0.1) is 5.92 Å². The Bertz CT molecular complexity index is 586. The summed E-state index contributed by atoms with van der Waals surface area (Å²) in [6.45, 7) is 3.66. The first-order valence-corrected chi connectivity index (χ1v) is 6.31. The number of benzene rings is 1. The molecule has 0 saturated heterocycles. The van der Waals surface area contributed by atoms with Crippen LogP contribution in [0.5, 0.6) is 0 Å². The molecule has 0 fully saturated rings. The summed E-state index contributed by atoms with van der Waals surface area (Å²) in [6.07, 6.45) is 2.83. The van der Waals surface area contributed by atoms with Crippen molar-refractivity contribution >= 4 is 23.2 Å². The number of anilines is 2. The van der Waals surface area contributed by atoms with Gasteiger partial charge in [0.15, 0.2) is 0 Å². The van der Waals surface area contributed by atoms with Crippen molar-refractivity contribution in [2.75, 3.05) is 10.6 Å². The fourth-order valence-electron chi connectivity index (χ4n) is 1.52. The van der Waals surface area contributed by atoms with Gasteiger partial charge in [0.2, 0.25) is 5.91 Å². The second kappa shape index (κ2) is 6.06. The number of carbonyl (C=O) groups is 2. The minimum atomic E-state index is -0.238. The molecule has 0 bridgehead atoms. The lowest BCUT2D eigenvalue weighted by atomic mass is 10.2. The Balaban J connectivity index is 1.98. The van der Waals surface area contributed by atoms with Crippen LogP contribution in [0.4, 0.5) is 11.4 Å². The van der Waals surface area contributed by atoms with Gasteiger partial charge in [-0.05, 0) is 30.3 Å². The molecular formula is C15H16N2O3.